The molecule has 0 bridgehead atoms. The second-order valence-electron chi connectivity index (χ2n) is 26.8. The fourth-order valence-electron chi connectivity index (χ4n) is 13.4. The van der Waals surface area contributed by atoms with E-state index in [-0.39, 0.29) is 42.7 Å². The van der Waals surface area contributed by atoms with E-state index in [1.165, 1.54) is 50.1 Å². The first kappa shape index (κ1) is 54.2. The number of aromatic nitrogens is 3. The molecule has 0 atom stereocenters. The molecule has 3 aromatic heterocycles. The number of ether oxygens (including phenoxy) is 1. The molecule has 0 unspecified atom stereocenters. The average Bonchev–Trinajstić information content (AvgIpc) is 1.59. The Morgan fingerprint density at radius 3 is 1.70 bits per heavy atom. The Balaban J connectivity index is 0.00000645. The number of benzene rings is 8. The van der Waals surface area contributed by atoms with Gasteiger partial charge in [0.15, 0.2) is 0 Å². The molecule has 8 aromatic carbocycles. The SMILES string of the molecule is CC(C)(C)c1cc2c(c(C(C)(C)C)c1)C1(c3ccc(Oc4[c-]c5c(cc4)c4ccccc4n5-c4ccccn4)[c-]c3N3[CH-]N(c4c(-c5ccccc5)ccnc4-c4ccccc4)c4cccc1c43)c1c-2cc(C(C)(C)C)cc1C(C)(C)C.[Pt]. The summed E-state index contributed by atoms with van der Waals surface area (Å²) in [6.45, 7) is 30.9. The number of rotatable bonds is 6. The Bertz CT molecular complexity index is 4240. The van der Waals surface area contributed by atoms with E-state index in [9.17, 15) is 0 Å². The molecule has 0 amide bonds. The smallest absolute Gasteiger partial charge is 0.135 e. The summed E-state index contributed by atoms with van der Waals surface area (Å²) in [5, 5.41) is 2.21. The maximum Gasteiger partial charge on any atom is 0.135 e. The summed E-state index contributed by atoms with van der Waals surface area (Å²) in [5.41, 5.74) is 21.6. The van der Waals surface area contributed by atoms with E-state index < -0.39 is 5.41 Å². The van der Waals surface area contributed by atoms with Crippen molar-refractivity contribution in [2.75, 3.05) is 9.80 Å². The van der Waals surface area contributed by atoms with Gasteiger partial charge in [0.25, 0.3) is 0 Å². The Morgan fingerprint density at radius 2 is 1.07 bits per heavy atom. The molecule has 0 N–H and O–H groups in total. The minimum atomic E-state index is -0.813. The van der Waals surface area contributed by atoms with Crippen molar-refractivity contribution in [3.05, 3.63) is 252 Å². The van der Waals surface area contributed by atoms with Crippen LogP contribution in [0.1, 0.15) is 128 Å². The first-order valence-corrected chi connectivity index (χ1v) is 28.9. The van der Waals surface area contributed by atoms with Gasteiger partial charge in [-0.25, -0.2) is 4.98 Å². The van der Waals surface area contributed by atoms with Crippen LogP contribution in [0, 0.1) is 18.8 Å². The molecule has 2 aliphatic heterocycles. The molecule has 5 heterocycles. The number of anilines is 4. The zero-order chi connectivity index (χ0) is 56.8. The molecule has 6 nitrogen and oxygen atoms in total. The molecule has 0 saturated heterocycles. The van der Waals surface area contributed by atoms with Crippen LogP contribution in [0.25, 0.3) is 61.1 Å². The summed E-state index contributed by atoms with van der Waals surface area (Å²) in [4.78, 5) is 14.9. The third-order valence-electron chi connectivity index (χ3n) is 17.3. The van der Waals surface area contributed by atoms with Crippen LogP contribution >= 0.6 is 0 Å². The second-order valence-corrected chi connectivity index (χ2v) is 26.8. The molecular weight excluding hydrogens is 1190 g/mol. The monoisotopic (exact) mass is 1260 g/mol. The fraction of sp³-hybridized carbons (Fsp3) is 0.224. The van der Waals surface area contributed by atoms with Crippen molar-refractivity contribution < 1.29 is 25.8 Å². The Labute approximate surface area is 504 Å². The van der Waals surface area contributed by atoms with Gasteiger partial charge in [-0.05, 0) is 113 Å². The number of nitrogens with zero attached hydrogens (tertiary/aromatic N) is 5. The molecule has 7 heteroatoms. The predicted octanol–water partition coefficient (Wildman–Crippen LogP) is 19.6. The summed E-state index contributed by atoms with van der Waals surface area (Å²) < 4.78 is 9.33. The third-order valence-corrected chi connectivity index (χ3v) is 17.3. The van der Waals surface area contributed by atoms with Crippen LogP contribution in [0.2, 0.25) is 0 Å². The van der Waals surface area contributed by atoms with Crippen molar-refractivity contribution in [3.63, 3.8) is 0 Å². The number of pyridine rings is 2. The maximum absolute atomic E-state index is 7.15. The zero-order valence-electron chi connectivity index (χ0n) is 49.4. The summed E-state index contributed by atoms with van der Waals surface area (Å²) in [6.07, 6.45) is 3.79. The molecule has 1 aliphatic carbocycles. The van der Waals surface area contributed by atoms with Crippen LogP contribution in [0.5, 0.6) is 11.5 Å². The van der Waals surface area contributed by atoms with Crippen LogP contribution in [0.3, 0.4) is 0 Å². The average molecular weight is 1260 g/mol. The van der Waals surface area contributed by atoms with E-state index in [1.807, 2.05) is 36.7 Å². The van der Waals surface area contributed by atoms with Crippen LogP contribution in [-0.2, 0) is 48.1 Å². The Kier molecular flexibility index (Phi) is 12.6. The van der Waals surface area contributed by atoms with Gasteiger partial charge in [-0.15, -0.1) is 41.9 Å². The van der Waals surface area contributed by atoms with E-state index in [0.717, 1.165) is 78.3 Å². The van der Waals surface area contributed by atoms with Crippen molar-refractivity contribution in [2.45, 2.75) is 110 Å². The van der Waals surface area contributed by atoms with Gasteiger partial charge in [-0.3, -0.25) is 4.98 Å². The van der Waals surface area contributed by atoms with Crippen molar-refractivity contribution in [3.8, 4) is 50.8 Å². The van der Waals surface area contributed by atoms with Gasteiger partial charge in [-0.1, -0.05) is 216 Å². The van der Waals surface area contributed by atoms with Gasteiger partial charge in [0, 0.05) is 84.1 Å². The normalized spacial score (nSPS) is 14.2. The van der Waals surface area contributed by atoms with Crippen LogP contribution in [0.4, 0.5) is 22.7 Å². The van der Waals surface area contributed by atoms with Crippen molar-refractivity contribution in [1.29, 1.82) is 0 Å². The molecule has 11 aromatic rings. The molecule has 3 aliphatic rings. The fourth-order valence-corrected chi connectivity index (χ4v) is 13.4. The van der Waals surface area contributed by atoms with Gasteiger partial charge in [0.1, 0.15) is 5.82 Å². The van der Waals surface area contributed by atoms with Crippen molar-refractivity contribution in [1.82, 2.24) is 14.5 Å². The molecule has 0 radical (unpaired) electrons. The molecular formula is C76H68N5OPt-3. The number of hydrogen-bond acceptors (Lipinski definition) is 5. The van der Waals surface area contributed by atoms with E-state index in [4.69, 9.17) is 14.7 Å². The third kappa shape index (κ3) is 8.44. The van der Waals surface area contributed by atoms with Gasteiger partial charge < -0.3 is 19.1 Å². The van der Waals surface area contributed by atoms with E-state index in [0.29, 0.717) is 11.5 Å². The van der Waals surface area contributed by atoms with Crippen LogP contribution in [0.15, 0.2) is 188 Å². The molecule has 14 rings (SSSR count). The largest absolute Gasteiger partial charge is 0.509 e. The minimum Gasteiger partial charge on any atom is -0.509 e. The van der Waals surface area contributed by atoms with Crippen molar-refractivity contribution in [2.24, 2.45) is 0 Å². The Morgan fingerprint density at radius 1 is 0.470 bits per heavy atom. The van der Waals surface area contributed by atoms with Gasteiger partial charge in [0.05, 0.1) is 5.69 Å². The summed E-state index contributed by atoms with van der Waals surface area (Å²) in [6, 6.07) is 71.7. The molecule has 416 valence electrons. The topological polar surface area (TPSA) is 46.4 Å². The van der Waals surface area contributed by atoms with Crippen molar-refractivity contribution >= 4 is 44.6 Å². The zero-order valence-corrected chi connectivity index (χ0v) is 51.7. The van der Waals surface area contributed by atoms with Gasteiger partial charge in [0.2, 0.25) is 0 Å². The Hall–Kier alpha value is -8.05. The number of hydrogen-bond donors (Lipinski definition) is 0. The molecule has 83 heavy (non-hydrogen) atoms. The summed E-state index contributed by atoms with van der Waals surface area (Å²) in [7, 11) is 0. The maximum atomic E-state index is 7.15. The summed E-state index contributed by atoms with van der Waals surface area (Å²) in [5.74, 6) is 2.00. The van der Waals surface area contributed by atoms with Crippen LogP contribution < -0.4 is 14.5 Å². The first-order valence-electron chi connectivity index (χ1n) is 28.9. The van der Waals surface area contributed by atoms with E-state index in [1.54, 1.807) is 0 Å². The summed E-state index contributed by atoms with van der Waals surface area (Å²) >= 11 is 0. The molecule has 1 spiro atoms. The minimum absolute atomic E-state index is 0. The first-order chi connectivity index (χ1) is 39.2. The van der Waals surface area contributed by atoms with Gasteiger partial charge in [-0.2, -0.15) is 12.1 Å². The van der Waals surface area contributed by atoms with Crippen LogP contribution in [-0.4, -0.2) is 14.5 Å². The predicted molar refractivity (Wildman–Crippen MR) is 339 cm³/mol. The quantitative estimate of drug-likeness (QED) is 0.155. The molecule has 0 saturated carbocycles. The number of para-hydroxylation sites is 2. The standard InChI is InChI=1S/C76H68N5O.Pt/c1-72(2,3)49-40-56-57-41-50(73(4,5)6)43-61(75(10,11)12)68(57)76(67(56)60(42-49)74(7,8)9)58-36-34-52(82-51-33-35-55-54-28-19-20-30-62(54)81(64(55)44-51)66-32-21-22-38-77-66)45-65(58)80-46-79(63-31-23-29-59(76)71(63)80)70-53(47-24-15-13-16-25-47)37-39-78-69(70)48-26-17-14-18-27-48;/h13-43,46H,1-12H3;/q-3;. The van der Waals surface area contributed by atoms with Gasteiger partial charge >= 0.3 is 0 Å². The molecule has 0 fully saturated rings. The second kappa shape index (κ2) is 19.3. The number of fused-ring (bicyclic) bond motifs is 12. The van der Waals surface area contributed by atoms with E-state index >= 15 is 0 Å². The van der Waals surface area contributed by atoms with E-state index in [2.05, 4.69) is 268 Å².